The average Bonchev–Trinajstić information content (AvgIpc) is 3.11. The van der Waals surface area contributed by atoms with Crippen LogP contribution in [-0.2, 0) is 6.54 Å². The number of nitrogens with two attached hydrogens (primary N) is 1. The van der Waals surface area contributed by atoms with Crippen LogP contribution >= 0.6 is 0 Å². The van der Waals surface area contributed by atoms with Crippen molar-refractivity contribution in [2.75, 3.05) is 6.61 Å². The van der Waals surface area contributed by atoms with E-state index in [-0.39, 0.29) is 18.0 Å². The fourth-order valence-electron chi connectivity index (χ4n) is 2.12. The molecule has 3 rings (SSSR count). The minimum Gasteiger partial charge on any atom is -0.454 e. The van der Waals surface area contributed by atoms with Gasteiger partial charge >= 0.3 is 12.2 Å². The smallest absolute Gasteiger partial charge is 0.422 e. The molecule has 1 aliphatic heterocycles. The normalized spacial score (nSPS) is 16.8. The number of ether oxygens (including phenoxy) is 1. The Hall–Kier alpha value is -3.48. The lowest BCUT2D eigenvalue weighted by molar-refractivity contribution is -0.154. The Kier molecular flexibility index (Phi) is 5.26. The highest BCUT2D eigenvalue weighted by Crippen LogP contribution is 2.18. The van der Waals surface area contributed by atoms with E-state index in [0.29, 0.717) is 11.3 Å². The topological polar surface area (TPSA) is 140 Å². The highest BCUT2D eigenvalue weighted by Gasteiger charge is 2.29. The number of rotatable bonds is 6. The van der Waals surface area contributed by atoms with Crippen LogP contribution in [0.2, 0.25) is 0 Å². The van der Waals surface area contributed by atoms with E-state index in [1.54, 1.807) is 0 Å². The Morgan fingerprint density at radius 2 is 2.07 bits per heavy atom. The van der Waals surface area contributed by atoms with E-state index in [2.05, 4.69) is 25.0 Å². The molecule has 0 aliphatic carbocycles. The molecule has 10 nitrogen and oxygen atoms in total. The summed E-state index contributed by atoms with van der Waals surface area (Å²) in [7, 11) is 0. The third-order valence-corrected chi connectivity index (χ3v) is 3.39. The van der Waals surface area contributed by atoms with E-state index >= 15 is 0 Å². The maximum Gasteiger partial charge on any atom is 0.422 e. The van der Waals surface area contributed by atoms with Gasteiger partial charge in [-0.3, -0.25) is 9.80 Å². The Morgan fingerprint density at radius 3 is 2.68 bits per heavy atom. The monoisotopic (exact) mass is 398 g/mol. The van der Waals surface area contributed by atoms with Crippen molar-refractivity contribution in [3.8, 4) is 6.01 Å². The number of hydrogen-bond donors (Lipinski definition) is 2. The molecule has 28 heavy (non-hydrogen) atoms. The molecule has 3 heterocycles. The third kappa shape index (κ3) is 4.82. The number of amides is 1. The number of nitrogens with zero attached hydrogens (tertiary/aromatic N) is 5. The van der Waals surface area contributed by atoms with E-state index in [9.17, 15) is 23.1 Å². The van der Waals surface area contributed by atoms with E-state index in [1.807, 2.05) is 0 Å². The molecule has 1 atom stereocenters. The van der Waals surface area contributed by atoms with Gasteiger partial charge in [0, 0.05) is 24.0 Å². The number of alkyl halides is 3. The molecule has 13 heteroatoms. The number of halogens is 3. The van der Waals surface area contributed by atoms with Gasteiger partial charge in [0.2, 0.25) is 0 Å². The van der Waals surface area contributed by atoms with Crippen LogP contribution < -0.4 is 10.5 Å². The van der Waals surface area contributed by atoms with Gasteiger partial charge in [-0.05, 0) is 12.2 Å². The summed E-state index contributed by atoms with van der Waals surface area (Å²) in [6.45, 7) is -1.53. The van der Waals surface area contributed by atoms with Crippen molar-refractivity contribution in [1.82, 2.24) is 20.1 Å². The second kappa shape index (κ2) is 7.64. The number of allylic oxidation sites excluding steroid dienone is 1. The SMILES string of the molecule is NC(=O)c1cc(CN2N=C(c3cnc(OCC(F)(F)F)nc3)C=CC2O)on1. The zero-order chi connectivity index (χ0) is 20.3. The van der Waals surface area contributed by atoms with Gasteiger partial charge in [-0.15, -0.1) is 0 Å². The minimum absolute atomic E-state index is 0.0249. The van der Waals surface area contributed by atoms with Gasteiger partial charge in [0.25, 0.3) is 5.91 Å². The Balaban J connectivity index is 1.71. The summed E-state index contributed by atoms with van der Waals surface area (Å²) in [6.07, 6.45) is -0.201. The third-order valence-electron chi connectivity index (χ3n) is 3.39. The van der Waals surface area contributed by atoms with Crippen molar-refractivity contribution in [2.45, 2.75) is 18.9 Å². The number of aromatic nitrogens is 3. The first-order valence-electron chi connectivity index (χ1n) is 7.70. The van der Waals surface area contributed by atoms with E-state index in [0.717, 1.165) is 0 Å². The molecule has 0 aromatic carbocycles. The number of aliphatic hydroxyl groups is 1. The molecule has 148 valence electrons. The van der Waals surface area contributed by atoms with Crippen molar-refractivity contribution in [2.24, 2.45) is 10.8 Å². The fraction of sp³-hybridized carbons (Fsp3) is 0.267. The summed E-state index contributed by atoms with van der Waals surface area (Å²) < 4.78 is 45.8. The van der Waals surface area contributed by atoms with Gasteiger partial charge in [-0.1, -0.05) is 5.16 Å². The molecule has 3 N–H and O–H groups in total. The van der Waals surface area contributed by atoms with Crippen molar-refractivity contribution in [3.63, 3.8) is 0 Å². The Labute approximate surface area is 155 Å². The van der Waals surface area contributed by atoms with Crippen molar-refractivity contribution < 1.29 is 32.3 Å². The molecular formula is C15H13F3N6O4. The summed E-state index contributed by atoms with van der Waals surface area (Å²) in [5.74, 6) is -0.526. The fourth-order valence-corrected chi connectivity index (χ4v) is 2.12. The minimum atomic E-state index is -4.50. The summed E-state index contributed by atoms with van der Waals surface area (Å²) in [5.41, 5.74) is 5.74. The van der Waals surface area contributed by atoms with Crippen LogP contribution in [0.15, 0.2) is 40.2 Å². The van der Waals surface area contributed by atoms with Crippen LogP contribution in [-0.4, -0.2) is 55.9 Å². The first-order valence-corrected chi connectivity index (χ1v) is 7.70. The number of hydrogen-bond acceptors (Lipinski definition) is 9. The molecular weight excluding hydrogens is 385 g/mol. The summed E-state index contributed by atoms with van der Waals surface area (Å²) >= 11 is 0. The molecule has 0 fully saturated rings. The second-order valence-electron chi connectivity index (χ2n) is 5.56. The molecule has 1 unspecified atom stereocenters. The van der Waals surface area contributed by atoms with Crippen molar-refractivity contribution in [1.29, 1.82) is 0 Å². The molecule has 0 spiro atoms. The highest BCUT2D eigenvalue weighted by atomic mass is 19.4. The van der Waals surface area contributed by atoms with Crippen LogP contribution in [0, 0.1) is 0 Å². The standard InChI is InChI=1S/C15H13F3N6O4/c16-15(17,18)7-27-14-20-4-8(5-21-14)10-1-2-12(25)24(22-10)6-9-3-11(13(19)26)23-28-9/h1-5,12,25H,6-7H2,(H2,19,26). The first-order chi connectivity index (χ1) is 13.2. The average molecular weight is 398 g/mol. The summed E-state index contributed by atoms with van der Waals surface area (Å²) in [4.78, 5) is 18.4. The van der Waals surface area contributed by atoms with Crippen LogP contribution in [0.25, 0.3) is 0 Å². The predicted molar refractivity (Wildman–Crippen MR) is 85.8 cm³/mol. The molecule has 1 aliphatic rings. The zero-order valence-electron chi connectivity index (χ0n) is 14.0. The molecule has 0 saturated carbocycles. The van der Waals surface area contributed by atoms with Crippen LogP contribution in [0.4, 0.5) is 13.2 Å². The van der Waals surface area contributed by atoms with Crippen LogP contribution in [0.3, 0.4) is 0 Å². The summed E-state index contributed by atoms with van der Waals surface area (Å²) in [6, 6.07) is 0.886. The summed E-state index contributed by atoms with van der Waals surface area (Å²) in [5, 5.41) is 18.9. The lowest BCUT2D eigenvalue weighted by Gasteiger charge is -2.25. The first kappa shape index (κ1) is 19.3. The number of primary amides is 1. The Morgan fingerprint density at radius 1 is 1.36 bits per heavy atom. The zero-order valence-corrected chi connectivity index (χ0v) is 14.0. The highest BCUT2D eigenvalue weighted by molar-refractivity contribution is 6.08. The molecule has 2 aromatic heterocycles. The number of hydrazone groups is 1. The quantitative estimate of drug-likeness (QED) is 0.721. The van der Waals surface area contributed by atoms with Crippen LogP contribution in [0.5, 0.6) is 6.01 Å². The molecule has 2 aromatic rings. The van der Waals surface area contributed by atoms with Crippen molar-refractivity contribution >= 4 is 11.6 Å². The van der Waals surface area contributed by atoms with E-state index in [4.69, 9.17) is 10.3 Å². The van der Waals surface area contributed by atoms with Crippen LogP contribution in [0.1, 0.15) is 21.8 Å². The molecule has 0 radical (unpaired) electrons. The maximum absolute atomic E-state index is 12.1. The maximum atomic E-state index is 12.1. The number of carbonyl (C=O) groups is 1. The van der Waals surface area contributed by atoms with Gasteiger partial charge < -0.3 is 20.1 Å². The lowest BCUT2D eigenvalue weighted by Crippen LogP contribution is -2.32. The van der Waals surface area contributed by atoms with E-state index < -0.39 is 30.9 Å². The van der Waals surface area contributed by atoms with Gasteiger partial charge in [0.1, 0.15) is 6.54 Å². The van der Waals surface area contributed by atoms with E-state index in [1.165, 1.54) is 35.6 Å². The number of aliphatic hydroxyl groups excluding tert-OH is 1. The van der Waals surface area contributed by atoms with Gasteiger partial charge in [-0.2, -0.15) is 18.3 Å². The Bertz CT molecular complexity index is 909. The van der Waals surface area contributed by atoms with Gasteiger partial charge in [0.05, 0.1) is 5.71 Å². The van der Waals surface area contributed by atoms with Crippen molar-refractivity contribution in [3.05, 3.63) is 47.6 Å². The second-order valence-corrected chi connectivity index (χ2v) is 5.56. The molecule has 1 amide bonds. The van der Waals surface area contributed by atoms with Gasteiger partial charge in [0.15, 0.2) is 24.3 Å². The largest absolute Gasteiger partial charge is 0.454 e. The number of carbonyl (C=O) groups excluding carboxylic acids is 1. The molecule has 0 saturated heterocycles. The predicted octanol–water partition coefficient (Wildman–Crippen LogP) is 0.599. The molecule has 0 bridgehead atoms. The van der Waals surface area contributed by atoms with Gasteiger partial charge in [-0.25, -0.2) is 9.97 Å². The lowest BCUT2D eigenvalue weighted by atomic mass is 10.2.